The third-order valence-electron chi connectivity index (χ3n) is 2.74. The summed E-state index contributed by atoms with van der Waals surface area (Å²) in [6.07, 6.45) is 0.655. The van der Waals surface area contributed by atoms with Gasteiger partial charge in [0.25, 0.3) is 0 Å². The summed E-state index contributed by atoms with van der Waals surface area (Å²) >= 11 is 1.71. The molecule has 1 unspecified atom stereocenters. The minimum atomic E-state index is -0.243. The zero-order valence-corrected chi connectivity index (χ0v) is 10.5. The maximum atomic E-state index is 11.5. The van der Waals surface area contributed by atoms with Gasteiger partial charge in [0.05, 0.1) is 13.0 Å². The second-order valence-corrected chi connectivity index (χ2v) is 5.08. The van der Waals surface area contributed by atoms with Crippen molar-refractivity contribution in [2.45, 2.75) is 6.42 Å². The lowest BCUT2D eigenvalue weighted by molar-refractivity contribution is -0.145. The molecule has 3 nitrogen and oxygen atoms in total. The lowest BCUT2D eigenvalue weighted by Crippen LogP contribution is -2.26. The van der Waals surface area contributed by atoms with Gasteiger partial charge in [-0.1, -0.05) is 18.2 Å². The van der Waals surface area contributed by atoms with Gasteiger partial charge >= 0.3 is 5.97 Å². The van der Waals surface area contributed by atoms with Crippen molar-refractivity contribution in [2.24, 2.45) is 11.7 Å². The summed E-state index contributed by atoms with van der Waals surface area (Å²) in [5.41, 5.74) is 5.60. The molecule has 1 aromatic carbocycles. The Labute approximate surface area is 104 Å². The number of thiophene rings is 1. The highest BCUT2D eigenvalue weighted by Gasteiger charge is 2.18. The number of carbonyl (C=O) groups is 1. The number of carbonyl (C=O) groups excluding carboxylic acids is 1. The van der Waals surface area contributed by atoms with Crippen molar-refractivity contribution in [3.05, 3.63) is 35.2 Å². The second kappa shape index (κ2) is 5.29. The first-order valence-corrected chi connectivity index (χ1v) is 6.31. The minimum Gasteiger partial charge on any atom is -0.469 e. The molecule has 1 atom stereocenters. The third-order valence-corrected chi connectivity index (χ3v) is 3.88. The van der Waals surface area contributed by atoms with Gasteiger partial charge in [0.2, 0.25) is 0 Å². The number of hydrogen-bond acceptors (Lipinski definition) is 4. The van der Waals surface area contributed by atoms with E-state index < -0.39 is 0 Å². The molecule has 4 heteroatoms. The fraction of sp³-hybridized carbons (Fsp3) is 0.308. The smallest absolute Gasteiger partial charge is 0.310 e. The van der Waals surface area contributed by atoms with E-state index in [1.165, 1.54) is 22.1 Å². The van der Waals surface area contributed by atoms with E-state index in [1.807, 2.05) is 12.1 Å². The molecule has 0 aliphatic rings. The highest BCUT2D eigenvalue weighted by atomic mass is 32.1. The molecule has 2 aromatic rings. The minimum absolute atomic E-state index is 0.232. The Morgan fingerprint density at radius 2 is 2.24 bits per heavy atom. The molecule has 0 spiro atoms. The summed E-state index contributed by atoms with van der Waals surface area (Å²) in [7, 11) is 1.40. The largest absolute Gasteiger partial charge is 0.469 e. The quantitative estimate of drug-likeness (QED) is 0.845. The molecule has 2 N–H and O–H groups in total. The van der Waals surface area contributed by atoms with Crippen LogP contribution in [0.5, 0.6) is 0 Å². The van der Waals surface area contributed by atoms with Crippen LogP contribution in [0.3, 0.4) is 0 Å². The Hall–Kier alpha value is -1.39. The van der Waals surface area contributed by atoms with E-state index in [1.54, 1.807) is 11.3 Å². The lowest BCUT2D eigenvalue weighted by atomic mass is 10.0. The Morgan fingerprint density at radius 1 is 1.47 bits per heavy atom. The van der Waals surface area contributed by atoms with E-state index in [2.05, 4.69) is 18.2 Å². The van der Waals surface area contributed by atoms with Crippen LogP contribution < -0.4 is 5.73 Å². The van der Waals surface area contributed by atoms with Crippen LogP contribution in [0.15, 0.2) is 30.3 Å². The van der Waals surface area contributed by atoms with E-state index in [-0.39, 0.29) is 11.9 Å². The van der Waals surface area contributed by atoms with Crippen molar-refractivity contribution in [2.75, 3.05) is 13.7 Å². The topological polar surface area (TPSA) is 52.3 Å². The molecule has 90 valence electrons. The molecule has 17 heavy (non-hydrogen) atoms. The number of nitrogens with two attached hydrogens (primary N) is 1. The van der Waals surface area contributed by atoms with Crippen LogP contribution in [0.4, 0.5) is 0 Å². The molecule has 0 amide bonds. The van der Waals surface area contributed by atoms with Gasteiger partial charge in [-0.15, -0.1) is 11.3 Å². The van der Waals surface area contributed by atoms with Crippen molar-refractivity contribution in [1.29, 1.82) is 0 Å². The summed E-state index contributed by atoms with van der Waals surface area (Å²) < 4.78 is 5.97. The van der Waals surface area contributed by atoms with E-state index >= 15 is 0 Å². The van der Waals surface area contributed by atoms with Crippen molar-refractivity contribution < 1.29 is 9.53 Å². The normalized spacial score (nSPS) is 12.6. The van der Waals surface area contributed by atoms with Crippen molar-refractivity contribution >= 4 is 27.4 Å². The van der Waals surface area contributed by atoms with Gasteiger partial charge in [-0.05, 0) is 23.9 Å². The molecular formula is C13H15NO2S. The molecule has 0 saturated carbocycles. The molecule has 0 saturated heterocycles. The van der Waals surface area contributed by atoms with Gasteiger partial charge in [-0.25, -0.2) is 0 Å². The van der Waals surface area contributed by atoms with Crippen LogP contribution in [0.2, 0.25) is 0 Å². The first-order valence-electron chi connectivity index (χ1n) is 5.50. The Morgan fingerprint density at radius 3 is 2.88 bits per heavy atom. The van der Waals surface area contributed by atoms with Crippen molar-refractivity contribution in [1.82, 2.24) is 0 Å². The standard InChI is InChI=1S/C13H15NO2S/c1-16-13(15)10(8-14)7-11-6-9-4-2-3-5-12(9)17-11/h2-6,10H,7-8,14H2,1H3. The summed E-state index contributed by atoms with van der Waals surface area (Å²) in [4.78, 5) is 12.6. The van der Waals surface area contributed by atoms with Crippen LogP contribution in [-0.4, -0.2) is 19.6 Å². The highest BCUT2D eigenvalue weighted by molar-refractivity contribution is 7.19. The summed E-state index contributed by atoms with van der Waals surface area (Å²) in [6.45, 7) is 0.320. The molecule has 1 heterocycles. The average molecular weight is 249 g/mol. The predicted octanol–water partition coefficient (Wildman–Crippen LogP) is 2.19. The van der Waals surface area contributed by atoms with E-state index in [0.29, 0.717) is 13.0 Å². The van der Waals surface area contributed by atoms with Gasteiger partial charge in [0.1, 0.15) is 0 Å². The van der Waals surface area contributed by atoms with Gasteiger partial charge in [-0.3, -0.25) is 4.79 Å². The average Bonchev–Trinajstić information content (AvgIpc) is 2.77. The van der Waals surface area contributed by atoms with Gasteiger partial charge < -0.3 is 10.5 Å². The number of ether oxygens (including phenoxy) is 1. The third kappa shape index (κ3) is 2.65. The zero-order valence-electron chi connectivity index (χ0n) is 9.68. The van der Waals surface area contributed by atoms with E-state index in [9.17, 15) is 4.79 Å². The predicted molar refractivity (Wildman–Crippen MR) is 70.1 cm³/mol. The monoisotopic (exact) mass is 249 g/mol. The van der Waals surface area contributed by atoms with E-state index in [0.717, 1.165) is 0 Å². The second-order valence-electron chi connectivity index (χ2n) is 3.91. The van der Waals surface area contributed by atoms with Crippen LogP contribution in [-0.2, 0) is 16.0 Å². The molecule has 0 bridgehead atoms. The Kier molecular flexibility index (Phi) is 3.76. The number of esters is 1. The first kappa shape index (κ1) is 12.1. The van der Waals surface area contributed by atoms with Crippen molar-refractivity contribution in [3.8, 4) is 0 Å². The molecule has 2 rings (SSSR count). The zero-order chi connectivity index (χ0) is 12.3. The maximum absolute atomic E-state index is 11.5. The Balaban J connectivity index is 2.19. The first-order chi connectivity index (χ1) is 8.24. The number of methoxy groups -OCH3 is 1. The number of rotatable bonds is 4. The molecule has 0 aliphatic heterocycles. The maximum Gasteiger partial charge on any atom is 0.310 e. The van der Waals surface area contributed by atoms with Gasteiger partial charge in [0, 0.05) is 16.1 Å². The highest BCUT2D eigenvalue weighted by Crippen LogP contribution is 2.27. The summed E-state index contributed by atoms with van der Waals surface area (Å²) in [5, 5.41) is 1.22. The molecule has 1 aromatic heterocycles. The fourth-order valence-corrected chi connectivity index (χ4v) is 2.95. The lowest BCUT2D eigenvalue weighted by Gasteiger charge is -2.10. The number of hydrogen-bond donors (Lipinski definition) is 1. The van der Waals surface area contributed by atoms with Crippen LogP contribution in [0.25, 0.3) is 10.1 Å². The molecular weight excluding hydrogens is 234 g/mol. The SMILES string of the molecule is COC(=O)C(CN)Cc1cc2ccccc2s1. The summed E-state index contributed by atoms with van der Waals surface area (Å²) in [6, 6.07) is 10.3. The van der Waals surface area contributed by atoms with Crippen LogP contribution >= 0.6 is 11.3 Å². The molecule has 0 radical (unpaired) electrons. The van der Waals surface area contributed by atoms with Crippen LogP contribution in [0, 0.1) is 5.92 Å². The molecule has 0 fully saturated rings. The summed E-state index contributed by atoms with van der Waals surface area (Å²) in [5.74, 6) is -0.474. The van der Waals surface area contributed by atoms with Crippen molar-refractivity contribution in [3.63, 3.8) is 0 Å². The molecule has 0 aliphatic carbocycles. The number of benzene rings is 1. The van der Waals surface area contributed by atoms with Gasteiger partial charge in [0.15, 0.2) is 0 Å². The van der Waals surface area contributed by atoms with Crippen LogP contribution in [0.1, 0.15) is 4.88 Å². The Bertz CT molecular complexity index is 488. The van der Waals surface area contributed by atoms with Gasteiger partial charge in [-0.2, -0.15) is 0 Å². The fourth-order valence-electron chi connectivity index (χ4n) is 1.81. The van der Waals surface area contributed by atoms with E-state index in [4.69, 9.17) is 10.5 Å². The number of fused-ring (bicyclic) bond motifs is 1.